The number of halogens is 3. The summed E-state index contributed by atoms with van der Waals surface area (Å²) in [6.45, 7) is 0. The van der Waals surface area contributed by atoms with Gasteiger partial charge in [-0.15, -0.1) is 0 Å². The van der Waals surface area contributed by atoms with Gasteiger partial charge in [0.05, 0.1) is 5.56 Å². The van der Waals surface area contributed by atoms with Gasteiger partial charge in [-0.05, 0) is 24.3 Å². The Labute approximate surface area is 186 Å². The molecule has 0 aliphatic carbocycles. The first-order valence-corrected chi connectivity index (χ1v) is 10.4. The molecule has 0 aliphatic rings. The molecule has 0 spiro atoms. The number of alkyl halides is 3. The predicted molar refractivity (Wildman–Crippen MR) is 117 cm³/mol. The molecule has 3 aromatic heterocycles. The average molecular weight is 467 g/mol. The van der Waals surface area contributed by atoms with Crippen molar-refractivity contribution in [2.75, 3.05) is 0 Å². The van der Waals surface area contributed by atoms with Crippen molar-refractivity contribution in [3.8, 4) is 22.6 Å². The zero-order valence-electron chi connectivity index (χ0n) is 16.5. The lowest BCUT2D eigenvalue weighted by atomic mass is 10.1. The first-order chi connectivity index (χ1) is 15.8. The van der Waals surface area contributed by atoms with Crippen LogP contribution in [0.4, 0.5) is 13.2 Å². The highest BCUT2D eigenvalue weighted by molar-refractivity contribution is 7.15. The zero-order valence-corrected chi connectivity index (χ0v) is 17.4. The number of furan rings is 1. The van der Waals surface area contributed by atoms with E-state index in [0.717, 1.165) is 28.0 Å². The highest BCUT2D eigenvalue weighted by Gasteiger charge is 2.30. The highest BCUT2D eigenvalue weighted by Crippen LogP contribution is 2.32. The number of thiazole rings is 1. The van der Waals surface area contributed by atoms with Crippen LogP contribution >= 0.6 is 11.3 Å². The van der Waals surface area contributed by atoms with Crippen LogP contribution in [0, 0.1) is 0 Å². The van der Waals surface area contributed by atoms with Crippen LogP contribution in [-0.4, -0.2) is 14.6 Å². The molecule has 5 rings (SSSR count). The molecule has 10 heteroatoms. The third kappa shape index (κ3) is 3.96. The van der Waals surface area contributed by atoms with E-state index in [1.54, 1.807) is 36.4 Å². The fourth-order valence-electron chi connectivity index (χ4n) is 3.25. The second kappa shape index (κ2) is 7.82. The minimum Gasteiger partial charge on any atom is -0.457 e. The Morgan fingerprint density at radius 2 is 1.70 bits per heavy atom. The molecule has 0 radical (unpaired) electrons. The summed E-state index contributed by atoms with van der Waals surface area (Å²) in [5, 5.41) is 4.17. The molecule has 33 heavy (non-hydrogen) atoms. The van der Waals surface area contributed by atoms with Gasteiger partial charge in [-0.25, -0.2) is 0 Å². The molecule has 164 valence electrons. The molecule has 0 N–H and O–H groups in total. The summed E-state index contributed by atoms with van der Waals surface area (Å²) in [6, 6.07) is 16.5. The normalized spacial score (nSPS) is 12.5. The van der Waals surface area contributed by atoms with Gasteiger partial charge in [0.1, 0.15) is 16.1 Å². The van der Waals surface area contributed by atoms with E-state index in [1.165, 1.54) is 24.3 Å². The maximum atomic E-state index is 13.0. The van der Waals surface area contributed by atoms with Gasteiger partial charge in [0.15, 0.2) is 5.69 Å². The maximum absolute atomic E-state index is 13.0. The second-order valence-electron chi connectivity index (χ2n) is 7.02. The van der Waals surface area contributed by atoms with E-state index >= 15 is 0 Å². The topological polar surface area (TPSA) is 77.5 Å². The Balaban J connectivity index is 1.56. The van der Waals surface area contributed by atoms with Crippen LogP contribution in [0.1, 0.15) is 11.3 Å². The van der Waals surface area contributed by atoms with Gasteiger partial charge in [0, 0.05) is 17.2 Å². The quantitative estimate of drug-likeness (QED) is 0.401. The van der Waals surface area contributed by atoms with E-state index in [-0.39, 0.29) is 32.3 Å². The molecule has 0 saturated heterocycles. The predicted octanol–water partition coefficient (Wildman–Crippen LogP) is 4.00. The van der Waals surface area contributed by atoms with Crippen molar-refractivity contribution in [2.24, 2.45) is 0 Å². The lowest BCUT2D eigenvalue weighted by Crippen LogP contribution is -2.26. The van der Waals surface area contributed by atoms with E-state index in [1.807, 2.05) is 0 Å². The van der Waals surface area contributed by atoms with Crippen molar-refractivity contribution in [3.05, 3.63) is 103 Å². The van der Waals surface area contributed by atoms with Crippen LogP contribution in [-0.2, 0) is 6.18 Å². The third-order valence-corrected chi connectivity index (χ3v) is 5.77. The fourth-order valence-corrected chi connectivity index (χ4v) is 4.13. The monoisotopic (exact) mass is 467 g/mol. The van der Waals surface area contributed by atoms with E-state index in [9.17, 15) is 22.8 Å². The standard InChI is InChI=1S/C23H12F3N3O3S/c24-23(25,26)15-8-4-7-14(11-15)17-10-9-16(32-17)12-18-21(31)29-22(33-18)27-20(30)19(28-29)13-5-2-1-3-6-13/h1-12H/b18-12-. The summed E-state index contributed by atoms with van der Waals surface area (Å²) < 4.78 is 45.8. The molecule has 0 unspecified atom stereocenters. The van der Waals surface area contributed by atoms with Gasteiger partial charge in [-0.3, -0.25) is 9.59 Å². The highest BCUT2D eigenvalue weighted by atomic mass is 32.1. The molecule has 5 aromatic rings. The molecular formula is C23H12F3N3O3S. The maximum Gasteiger partial charge on any atom is 0.416 e. The number of hydrogen-bond acceptors (Lipinski definition) is 6. The van der Waals surface area contributed by atoms with Crippen LogP contribution in [0.5, 0.6) is 0 Å². The van der Waals surface area contributed by atoms with Crippen molar-refractivity contribution in [1.29, 1.82) is 0 Å². The van der Waals surface area contributed by atoms with Gasteiger partial charge >= 0.3 is 11.7 Å². The van der Waals surface area contributed by atoms with Crippen LogP contribution < -0.4 is 15.7 Å². The number of fused-ring (bicyclic) bond motifs is 1. The van der Waals surface area contributed by atoms with Gasteiger partial charge in [0.25, 0.3) is 5.56 Å². The van der Waals surface area contributed by atoms with E-state index < -0.39 is 22.9 Å². The Morgan fingerprint density at radius 3 is 2.45 bits per heavy atom. The number of aromatic nitrogens is 3. The van der Waals surface area contributed by atoms with E-state index in [4.69, 9.17) is 4.42 Å². The van der Waals surface area contributed by atoms with E-state index in [2.05, 4.69) is 10.1 Å². The molecule has 2 aromatic carbocycles. The Hall–Kier alpha value is -4.05. The van der Waals surface area contributed by atoms with Crippen molar-refractivity contribution in [1.82, 2.24) is 14.6 Å². The average Bonchev–Trinajstić information content (AvgIpc) is 3.38. The molecular weight excluding hydrogens is 455 g/mol. The minimum atomic E-state index is -4.47. The molecule has 0 saturated carbocycles. The van der Waals surface area contributed by atoms with Gasteiger partial charge < -0.3 is 4.42 Å². The molecule has 0 aliphatic heterocycles. The molecule has 0 atom stereocenters. The smallest absolute Gasteiger partial charge is 0.416 e. The van der Waals surface area contributed by atoms with Crippen molar-refractivity contribution in [3.63, 3.8) is 0 Å². The first-order valence-electron chi connectivity index (χ1n) is 9.58. The summed E-state index contributed by atoms with van der Waals surface area (Å²) in [5.41, 5.74) is -0.985. The van der Waals surface area contributed by atoms with Gasteiger partial charge in [-0.2, -0.15) is 27.8 Å². The van der Waals surface area contributed by atoms with Gasteiger partial charge in [-0.1, -0.05) is 53.8 Å². The van der Waals surface area contributed by atoms with Crippen LogP contribution in [0.2, 0.25) is 0 Å². The first kappa shape index (κ1) is 20.8. The van der Waals surface area contributed by atoms with Gasteiger partial charge in [0.2, 0.25) is 4.96 Å². The summed E-state index contributed by atoms with van der Waals surface area (Å²) >= 11 is 0.960. The van der Waals surface area contributed by atoms with Crippen LogP contribution in [0.15, 0.2) is 80.7 Å². The number of benzene rings is 2. The lowest BCUT2D eigenvalue weighted by Gasteiger charge is -2.07. The Morgan fingerprint density at radius 1 is 0.939 bits per heavy atom. The molecule has 6 nitrogen and oxygen atoms in total. The van der Waals surface area contributed by atoms with Crippen LogP contribution in [0.25, 0.3) is 33.6 Å². The van der Waals surface area contributed by atoms with Crippen LogP contribution in [0.3, 0.4) is 0 Å². The second-order valence-corrected chi connectivity index (χ2v) is 8.03. The summed E-state index contributed by atoms with van der Waals surface area (Å²) in [4.78, 5) is 29.3. The SMILES string of the molecule is O=c1nc2s/c(=C\c3ccc(-c4cccc(C(F)(F)F)c4)o3)c(=O)n2nc1-c1ccccc1. The molecule has 3 heterocycles. The van der Waals surface area contributed by atoms with E-state index in [0.29, 0.717) is 5.56 Å². The molecule has 0 bridgehead atoms. The largest absolute Gasteiger partial charge is 0.457 e. The number of hydrogen-bond donors (Lipinski definition) is 0. The van der Waals surface area contributed by atoms with Crippen molar-refractivity contribution >= 4 is 22.4 Å². The number of rotatable bonds is 3. The third-order valence-electron chi connectivity index (χ3n) is 4.81. The molecule has 0 fully saturated rings. The van der Waals surface area contributed by atoms with Crippen molar-refractivity contribution in [2.45, 2.75) is 6.18 Å². The summed E-state index contributed by atoms with van der Waals surface area (Å²) in [6.07, 6.45) is -3.03. The minimum absolute atomic E-state index is 0.0550. The van der Waals surface area contributed by atoms with Crippen molar-refractivity contribution < 1.29 is 17.6 Å². The summed E-state index contributed by atoms with van der Waals surface area (Å²) in [7, 11) is 0. The number of nitrogens with zero attached hydrogens (tertiary/aromatic N) is 3. The lowest BCUT2D eigenvalue weighted by molar-refractivity contribution is -0.137. The summed E-state index contributed by atoms with van der Waals surface area (Å²) in [5.74, 6) is 0.482. The molecule has 0 amide bonds. The zero-order chi connectivity index (χ0) is 23.2. The Bertz CT molecular complexity index is 1650. The Kier molecular flexibility index (Phi) is 4.94. The fraction of sp³-hybridized carbons (Fsp3) is 0.0435.